The third kappa shape index (κ3) is 8.09. The van der Waals surface area contributed by atoms with Gasteiger partial charge in [-0.25, -0.2) is 28.1 Å². The van der Waals surface area contributed by atoms with Gasteiger partial charge < -0.3 is 29.9 Å². The molecule has 10 nitrogen and oxygen atoms in total. The number of hydrogen-bond acceptors (Lipinski definition) is 10. The molecule has 2 aliphatic heterocycles. The van der Waals surface area contributed by atoms with Crippen LogP contribution in [0.4, 0.5) is 36.2 Å². The molecular formula is C34H38F3N7O3. The van der Waals surface area contributed by atoms with Gasteiger partial charge in [-0.2, -0.15) is 0 Å². The molecule has 0 radical (unpaired) electrons. The van der Waals surface area contributed by atoms with Crippen molar-refractivity contribution in [1.82, 2.24) is 19.9 Å². The predicted octanol–water partition coefficient (Wildman–Crippen LogP) is 6.68. The molecule has 0 aliphatic carbocycles. The standard InChI is InChI=1S/C31H34F3N7O2.C3H4O/c1-19-16-41(17-31(19,33)34)29-13-22(6-9-35-29)43-21-4-5-25(24(32)12-21)39-30-23-14-27(38-20-7-10-40(2)11-8-20)28(42-3)15-26(23)36-18-37-30;1-2-3-4/h4-6,9,12-15,18-20,38H,7-8,10-11,16-17H2,1-3H3,(H,36,37,39);2-3H,1H2. The lowest BCUT2D eigenvalue weighted by molar-refractivity contribution is -0.104. The molecule has 248 valence electrons. The summed E-state index contributed by atoms with van der Waals surface area (Å²) in [6.07, 6.45) is 6.77. The van der Waals surface area contributed by atoms with Crippen molar-refractivity contribution in [2.24, 2.45) is 5.92 Å². The number of fused-ring (bicyclic) bond motifs is 1. The molecule has 2 saturated heterocycles. The third-order valence-electron chi connectivity index (χ3n) is 8.22. The number of halogens is 3. The van der Waals surface area contributed by atoms with Crippen LogP contribution in [0.15, 0.2) is 67.6 Å². The molecule has 6 rings (SSSR count). The van der Waals surface area contributed by atoms with Gasteiger partial charge in [-0.1, -0.05) is 13.5 Å². The summed E-state index contributed by atoms with van der Waals surface area (Å²) >= 11 is 0. The predicted molar refractivity (Wildman–Crippen MR) is 177 cm³/mol. The maximum atomic E-state index is 15.3. The molecule has 47 heavy (non-hydrogen) atoms. The van der Waals surface area contributed by atoms with E-state index >= 15 is 4.39 Å². The number of anilines is 4. The van der Waals surface area contributed by atoms with Crippen LogP contribution in [0.1, 0.15) is 19.8 Å². The Morgan fingerprint density at radius 2 is 1.79 bits per heavy atom. The second-order valence-corrected chi connectivity index (χ2v) is 11.6. The highest BCUT2D eigenvalue weighted by Gasteiger charge is 2.45. The van der Waals surface area contributed by atoms with Crippen molar-refractivity contribution in [3.63, 3.8) is 0 Å². The Kier molecular flexibility index (Phi) is 10.4. The molecule has 2 N–H and O–H groups in total. The molecule has 0 saturated carbocycles. The van der Waals surface area contributed by atoms with Crippen LogP contribution in [-0.2, 0) is 4.79 Å². The van der Waals surface area contributed by atoms with Gasteiger partial charge in [0.25, 0.3) is 5.92 Å². The van der Waals surface area contributed by atoms with E-state index in [1.54, 1.807) is 31.4 Å². The summed E-state index contributed by atoms with van der Waals surface area (Å²) in [6.45, 7) is 6.45. The number of ether oxygens (including phenoxy) is 2. The fourth-order valence-electron chi connectivity index (χ4n) is 5.51. The zero-order valence-electron chi connectivity index (χ0n) is 26.6. The van der Waals surface area contributed by atoms with Crippen molar-refractivity contribution in [2.75, 3.05) is 55.9 Å². The monoisotopic (exact) mass is 649 g/mol. The lowest BCUT2D eigenvalue weighted by atomic mass is 10.0. The average molecular weight is 650 g/mol. The number of nitrogens with zero attached hydrogens (tertiary/aromatic N) is 5. The molecule has 0 amide bonds. The number of methoxy groups -OCH3 is 1. The third-order valence-corrected chi connectivity index (χ3v) is 8.22. The molecular weight excluding hydrogens is 611 g/mol. The Labute approximate surface area is 271 Å². The van der Waals surface area contributed by atoms with Crippen LogP contribution in [0.5, 0.6) is 17.2 Å². The summed E-state index contributed by atoms with van der Waals surface area (Å²) < 4.78 is 54.9. The molecule has 0 spiro atoms. The normalized spacial score (nSPS) is 17.8. The minimum Gasteiger partial charge on any atom is -0.495 e. The summed E-state index contributed by atoms with van der Waals surface area (Å²) in [5.74, 6) is -1.98. The lowest BCUT2D eigenvalue weighted by Crippen LogP contribution is -2.36. The Morgan fingerprint density at radius 1 is 1.04 bits per heavy atom. The van der Waals surface area contributed by atoms with Gasteiger partial charge >= 0.3 is 0 Å². The van der Waals surface area contributed by atoms with E-state index in [9.17, 15) is 8.78 Å². The van der Waals surface area contributed by atoms with Crippen molar-refractivity contribution >= 4 is 40.2 Å². The van der Waals surface area contributed by atoms with Gasteiger partial charge in [0.05, 0.1) is 30.5 Å². The van der Waals surface area contributed by atoms with Gasteiger partial charge in [0.2, 0.25) is 0 Å². The van der Waals surface area contributed by atoms with Crippen LogP contribution in [0.2, 0.25) is 0 Å². The van der Waals surface area contributed by atoms with Gasteiger partial charge in [-0.3, -0.25) is 4.79 Å². The van der Waals surface area contributed by atoms with Crippen LogP contribution in [0.25, 0.3) is 10.9 Å². The summed E-state index contributed by atoms with van der Waals surface area (Å²) in [4.78, 5) is 25.9. The van der Waals surface area contributed by atoms with Crippen molar-refractivity contribution in [3.05, 3.63) is 73.5 Å². The van der Waals surface area contributed by atoms with Gasteiger partial charge in [0.15, 0.2) is 0 Å². The van der Waals surface area contributed by atoms with E-state index in [4.69, 9.17) is 14.3 Å². The van der Waals surface area contributed by atoms with E-state index in [0.29, 0.717) is 46.4 Å². The Hall–Kier alpha value is -4.91. The summed E-state index contributed by atoms with van der Waals surface area (Å²) in [5.41, 5.74) is 1.69. The number of hydrogen-bond donors (Lipinski definition) is 2. The minimum atomic E-state index is -2.78. The molecule has 2 fully saturated rings. The van der Waals surface area contributed by atoms with Crippen LogP contribution in [0, 0.1) is 11.7 Å². The summed E-state index contributed by atoms with van der Waals surface area (Å²) in [5, 5.41) is 7.41. The molecule has 0 bridgehead atoms. The number of pyridine rings is 1. The molecule has 2 aromatic heterocycles. The summed E-state index contributed by atoms with van der Waals surface area (Å²) in [6, 6.07) is 11.7. The minimum absolute atomic E-state index is 0.193. The van der Waals surface area contributed by atoms with Crippen molar-refractivity contribution in [3.8, 4) is 17.2 Å². The number of rotatable bonds is 9. The first kappa shape index (κ1) is 33.5. The summed E-state index contributed by atoms with van der Waals surface area (Å²) in [7, 11) is 3.74. The Balaban J connectivity index is 0.00000103. The van der Waals surface area contributed by atoms with Gasteiger partial charge in [0, 0.05) is 48.3 Å². The Morgan fingerprint density at radius 3 is 2.45 bits per heavy atom. The SMILES string of the molecule is C=CC=O.COc1cc2ncnc(Nc3ccc(Oc4ccnc(N5CC(C)C(F)(F)C5)c4)cc3F)c2cc1NC1CCN(C)CC1. The smallest absolute Gasteiger partial charge is 0.269 e. The first-order chi connectivity index (χ1) is 22.6. The van der Waals surface area contributed by atoms with E-state index in [2.05, 4.69) is 44.1 Å². The molecule has 4 heterocycles. The number of nitrogens with one attached hydrogen (secondary N) is 2. The van der Waals surface area contributed by atoms with E-state index in [-0.39, 0.29) is 18.0 Å². The van der Waals surface area contributed by atoms with E-state index < -0.39 is 24.2 Å². The first-order valence-electron chi connectivity index (χ1n) is 15.3. The largest absolute Gasteiger partial charge is 0.495 e. The molecule has 2 aromatic carbocycles. The van der Waals surface area contributed by atoms with Crippen LogP contribution in [-0.4, -0.2) is 78.4 Å². The van der Waals surface area contributed by atoms with Gasteiger partial charge in [-0.05, 0) is 63.3 Å². The molecule has 1 unspecified atom stereocenters. The highest BCUT2D eigenvalue weighted by molar-refractivity contribution is 5.95. The number of carbonyl (C=O) groups excluding carboxylic acids is 1. The van der Waals surface area contributed by atoms with Crippen LogP contribution in [0.3, 0.4) is 0 Å². The topological polar surface area (TPSA) is 105 Å². The van der Waals surface area contributed by atoms with Gasteiger partial charge in [0.1, 0.15) is 47.3 Å². The zero-order valence-corrected chi connectivity index (χ0v) is 26.6. The molecule has 13 heteroatoms. The number of allylic oxidation sites excluding steroid dienone is 1. The van der Waals surface area contributed by atoms with E-state index in [1.807, 2.05) is 12.1 Å². The highest BCUT2D eigenvalue weighted by atomic mass is 19.3. The first-order valence-corrected chi connectivity index (χ1v) is 15.3. The van der Waals surface area contributed by atoms with Crippen molar-refractivity contribution in [1.29, 1.82) is 0 Å². The van der Waals surface area contributed by atoms with Crippen molar-refractivity contribution < 1.29 is 27.4 Å². The second-order valence-electron chi connectivity index (χ2n) is 11.6. The highest BCUT2D eigenvalue weighted by Crippen LogP contribution is 2.37. The molecule has 2 aliphatic rings. The fourth-order valence-corrected chi connectivity index (χ4v) is 5.51. The quantitative estimate of drug-likeness (QED) is 0.151. The molecule has 1 atom stereocenters. The Bertz CT molecular complexity index is 1710. The maximum Gasteiger partial charge on any atom is 0.269 e. The van der Waals surface area contributed by atoms with E-state index in [0.717, 1.165) is 31.6 Å². The number of alkyl halides is 2. The fraction of sp³-hybridized carbons (Fsp3) is 0.353. The van der Waals surface area contributed by atoms with Gasteiger partial charge in [-0.15, -0.1) is 0 Å². The van der Waals surface area contributed by atoms with E-state index in [1.165, 1.54) is 36.5 Å². The molecule has 4 aromatic rings. The number of likely N-dealkylation sites (tertiary alicyclic amines) is 1. The van der Waals surface area contributed by atoms with Crippen molar-refractivity contribution in [2.45, 2.75) is 31.7 Å². The van der Waals surface area contributed by atoms with Crippen LogP contribution < -0.4 is 25.0 Å². The number of piperidine rings is 1. The maximum absolute atomic E-state index is 15.3. The average Bonchev–Trinajstić information content (AvgIpc) is 3.35. The second kappa shape index (κ2) is 14.7. The zero-order chi connectivity index (χ0) is 33.6. The number of benzene rings is 2. The number of aldehydes is 1. The van der Waals surface area contributed by atoms with Crippen LogP contribution >= 0.6 is 0 Å². The number of aromatic nitrogens is 3. The lowest BCUT2D eigenvalue weighted by Gasteiger charge is -2.30. The number of carbonyl (C=O) groups is 1.